The lowest BCUT2D eigenvalue weighted by atomic mass is 10.0. The Labute approximate surface area is 469 Å². The standard InChI is InChI=1S/C54H65N9O17S/c1-31(2)49(61-43(65)18-23-77-24-20-63-45(67)13-14-46(63)68)51(73)58-35(7-5-19-56-54(55)74)50(72)57-34-10-8-32(9-11-34)30-80-48(71)17-15-44(66)62-28-33-25-39(75-3)52(60-37(33)29-62)78-21-6-22-79-53-40(76-4)27-41-36(59-53)26-42(81-41)38(64)12-16-47(69)70/h8-11,13-14,25-27,31,35,49H,5-7,12,15-24,28-30H2,1-4H3,(H,57,72)(H,58,73)(H,61,65)(H,69,70)(H3,55,56,74)/t35-,49-/m0/s1. The molecule has 0 spiro atoms. The summed E-state index contributed by atoms with van der Waals surface area (Å²) in [5.41, 5.74) is 8.01. The number of primary amides is 1. The number of aliphatic carboxylic acids is 1. The average molecular weight is 1140 g/mol. The van der Waals surface area contributed by atoms with E-state index in [9.17, 15) is 47.9 Å². The maximum atomic E-state index is 13.6. The van der Waals surface area contributed by atoms with Crippen molar-refractivity contribution in [3.8, 4) is 23.3 Å². The number of aromatic nitrogens is 2. The minimum atomic E-state index is -1.10. The number of nitrogens with two attached hydrogens (primary N) is 1. The third-order valence-corrected chi connectivity index (χ3v) is 13.6. The van der Waals surface area contributed by atoms with Crippen molar-refractivity contribution in [2.24, 2.45) is 11.7 Å². The van der Waals surface area contributed by atoms with Crippen LogP contribution in [0.2, 0.25) is 0 Å². The second-order valence-electron chi connectivity index (χ2n) is 18.9. The van der Waals surface area contributed by atoms with Gasteiger partial charge in [-0.2, -0.15) is 0 Å². The van der Waals surface area contributed by atoms with Gasteiger partial charge in [0, 0.05) is 62.7 Å². The number of Topliss-reactive ketones (excluding diaryl/α,β-unsaturated/α-hetero) is 1. The highest BCUT2D eigenvalue weighted by atomic mass is 32.1. The number of ketones is 1. The molecule has 0 unspecified atom stereocenters. The van der Waals surface area contributed by atoms with Crippen molar-refractivity contribution in [2.45, 2.75) is 97.0 Å². The van der Waals surface area contributed by atoms with Crippen LogP contribution in [0.15, 0.2) is 54.6 Å². The second-order valence-corrected chi connectivity index (χ2v) is 19.9. The van der Waals surface area contributed by atoms with Crippen LogP contribution in [0.4, 0.5) is 10.5 Å². The quantitative estimate of drug-likeness (QED) is 0.0172. The molecule has 2 aliphatic heterocycles. The van der Waals surface area contributed by atoms with Crippen LogP contribution in [0.5, 0.6) is 23.3 Å². The minimum Gasteiger partial charge on any atom is -0.491 e. The predicted octanol–water partition coefficient (Wildman–Crippen LogP) is 3.31. The number of urea groups is 1. The number of nitrogens with zero attached hydrogens (tertiary/aromatic N) is 4. The summed E-state index contributed by atoms with van der Waals surface area (Å²) in [6.45, 7) is 4.23. The van der Waals surface area contributed by atoms with Crippen molar-refractivity contribution in [1.29, 1.82) is 0 Å². The molecule has 27 heteroatoms. The highest BCUT2D eigenvalue weighted by molar-refractivity contribution is 7.20. The van der Waals surface area contributed by atoms with Gasteiger partial charge in [-0.25, -0.2) is 14.8 Å². The molecular formula is C54H65N9O17S. The minimum absolute atomic E-state index is 0.0159. The number of thiophene rings is 1. The third-order valence-electron chi connectivity index (χ3n) is 12.5. The lowest BCUT2D eigenvalue weighted by molar-refractivity contribution is -0.147. The number of hydrogen-bond acceptors (Lipinski definition) is 19. The van der Waals surface area contributed by atoms with Gasteiger partial charge in [-0.15, -0.1) is 11.3 Å². The van der Waals surface area contributed by atoms with E-state index in [2.05, 4.69) is 31.2 Å². The third kappa shape index (κ3) is 18.4. The fraction of sp³-hybridized carbons (Fsp3) is 0.444. The maximum absolute atomic E-state index is 13.6. The fourth-order valence-electron chi connectivity index (χ4n) is 8.17. The van der Waals surface area contributed by atoms with Crippen LogP contribution in [0.1, 0.15) is 91.7 Å². The number of imide groups is 1. The molecule has 0 saturated heterocycles. The summed E-state index contributed by atoms with van der Waals surface area (Å²) in [6, 6.07) is 8.58. The second kappa shape index (κ2) is 30.0. The number of hydrogen-bond donors (Lipinski definition) is 6. The van der Waals surface area contributed by atoms with E-state index >= 15 is 0 Å². The molecular weight excluding hydrogens is 1080 g/mol. The molecule has 6 rings (SSSR count). The van der Waals surface area contributed by atoms with Gasteiger partial charge in [-0.1, -0.05) is 26.0 Å². The number of anilines is 1. The number of benzene rings is 1. The highest BCUT2D eigenvalue weighted by Crippen LogP contribution is 2.35. The summed E-state index contributed by atoms with van der Waals surface area (Å²) < 4.78 is 34.4. The molecule has 434 valence electrons. The van der Waals surface area contributed by atoms with E-state index in [1.807, 2.05) is 0 Å². The van der Waals surface area contributed by atoms with Gasteiger partial charge < -0.3 is 65.4 Å². The van der Waals surface area contributed by atoms with Crippen LogP contribution < -0.4 is 45.9 Å². The number of methoxy groups -OCH3 is 2. The van der Waals surface area contributed by atoms with Crippen molar-refractivity contribution in [3.63, 3.8) is 0 Å². The van der Waals surface area contributed by atoms with Crippen LogP contribution in [-0.2, 0) is 67.5 Å². The molecule has 8 amide bonds. The molecule has 0 fully saturated rings. The van der Waals surface area contributed by atoms with Crippen LogP contribution in [0.25, 0.3) is 10.2 Å². The van der Waals surface area contributed by atoms with Gasteiger partial charge in [0.25, 0.3) is 23.6 Å². The van der Waals surface area contributed by atoms with Gasteiger partial charge in [-0.05, 0) is 54.2 Å². The number of carboxylic acids is 1. The molecule has 81 heavy (non-hydrogen) atoms. The van der Waals surface area contributed by atoms with Crippen LogP contribution >= 0.6 is 11.3 Å². The smallest absolute Gasteiger partial charge is 0.312 e. The van der Waals surface area contributed by atoms with Gasteiger partial charge in [0.2, 0.25) is 23.6 Å². The number of rotatable bonds is 33. The summed E-state index contributed by atoms with van der Waals surface area (Å²) in [5.74, 6) is -4.07. The van der Waals surface area contributed by atoms with Crippen LogP contribution in [0.3, 0.4) is 0 Å². The predicted molar refractivity (Wildman–Crippen MR) is 289 cm³/mol. The summed E-state index contributed by atoms with van der Waals surface area (Å²) in [7, 11) is 2.94. The zero-order valence-electron chi connectivity index (χ0n) is 45.2. The molecule has 5 heterocycles. The number of pyridine rings is 2. The molecule has 0 saturated carbocycles. The van der Waals surface area contributed by atoms with E-state index < -0.39 is 65.5 Å². The van der Waals surface area contributed by atoms with Crippen molar-refractivity contribution in [1.82, 2.24) is 35.7 Å². The summed E-state index contributed by atoms with van der Waals surface area (Å²) in [4.78, 5) is 136. The Balaban J connectivity index is 0.914. The maximum Gasteiger partial charge on any atom is 0.312 e. The van der Waals surface area contributed by atoms with Crippen molar-refractivity contribution in [2.75, 3.05) is 59.1 Å². The number of fused-ring (bicyclic) bond motifs is 2. The van der Waals surface area contributed by atoms with E-state index in [0.717, 1.165) is 22.6 Å². The molecule has 1 aromatic carbocycles. The zero-order valence-corrected chi connectivity index (χ0v) is 46.0. The molecule has 3 aromatic heterocycles. The number of ether oxygens (including phenoxy) is 6. The number of nitrogens with one attached hydrogen (secondary N) is 4. The average Bonchev–Trinajstić information content (AvgIpc) is 4.21. The Morgan fingerprint density at radius 3 is 2.14 bits per heavy atom. The number of carbonyl (C=O) groups is 10. The Morgan fingerprint density at radius 1 is 0.778 bits per heavy atom. The van der Waals surface area contributed by atoms with Crippen molar-refractivity contribution in [3.05, 3.63) is 76.3 Å². The number of carboxylic acid groups (broad SMARTS) is 1. The van der Waals surface area contributed by atoms with Gasteiger partial charge in [-0.3, -0.25) is 48.1 Å². The summed E-state index contributed by atoms with van der Waals surface area (Å²) in [6.07, 6.45) is 2.26. The number of esters is 1. The number of amides is 8. The molecule has 7 N–H and O–H groups in total. The van der Waals surface area contributed by atoms with Gasteiger partial charge in [0.05, 0.1) is 87.4 Å². The lowest BCUT2D eigenvalue weighted by Gasteiger charge is -2.25. The SMILES string of the molecule is COc1cc2c(nc1OCCCOc1nc3cc(C(=O)CCC(=O)O)sc3cc1OC)CN(C(=O)CCC(=O)OCc1ccc(NC(=O)[C@H](CCCNC(N)=O)NC(=O)[C@@H](NC(=O)CCOCCN3C(=O)C=CC3=O)C(C)C)cc1)C2. The first-order valence-corrected chi connectivity index (χ1v) is 26.8. The summed E-state index contributed by atoms with van der Waals surface area (Å²) in [5, 5.41) is 19.5. The molecule has 0 aliphatic carbocycles. The topological polar surface area (TPSA) is 353 Å². The lowest BCUT2D eigenvalue weighted by Crippen LogP contribution is -2.54. The zero-order chi connectivity index (χ0) is 58.6. The molecule has 2 atom stereocenters. The first kappa shape index (κ1) is 61.5. The molecule has 26 nitrogen and oxygen atoms in total. The normalized spacial score (nSPS) is 13.3. The van der Waals surface area contributed by atoms with E-state index in [1.54, 1.807) is 61.2 Å². The van der Waals surface area contributed by atoms with E-state index in [4.69, 9.17) is 39.3 Å². The van der Waals surface area contributed by atoms with Gasteiger partial charge >= 0.3 is 18.0 Å². The monoisotopic (exact) mass is 1140 g/mol. The molecule has 0 radical (unpaired) electrons. The molecule has 2 aliphatic rings. The Bertz CT molecular complexity index is 2980. The van der Waals surface area contributed by atoms with E-state index in [-0.39, 0.29) is 128 Å². The van der Waals surface area contributed by atoms with Crippen LogP contribution in [-0.4, -0.2) is 150 Å². The Hall–Kier alpha value is -8.72. The van der Waals surface area contributed by atoms with Crippen LogP contribution in [0, 0.1) is 5.92 Å². The first-order chi connectivity index (χ1) is 38.8. The van der Waals surface area contributed by atoms with Crippen molar-refractivity contribution < 1.29 is 81.5 Å². The Kier molecular flexibility index (Phi) is 22.8. The van der Waals surface area contributed by atoms with Gasteiger partial charge in [0.15, 0.2) is 17.3 Å². The molecule has 0 bridgehead atoms. The summed E-state index contributed by atoms with van der Waals surface area (Å²) >= 11 is 1.19. The van der Waals surface area contributed by atoms with E-state index in [0.29, 0.717) is 50.0 Å². The molecule has 4 aromatic rings. The van der Waals surface area contributed by atoms with Gasteiger partial charge in [0.1, 0.15) is 18.7 Å². The Morgan fingerprint density at radius 2 is 1.47 bits per heavy atom. The fourth-order valence-corrected chi connectivity index (χ4v) is 9.17. The first-order valence-electron chi connectivity index (χ1n) is 26.0. The number of carbonyl (C=O) groups excluding carboxylic acids is 9. The van der Waals surface area contributed by atoms with Crippen molar-refractivity contribution >= 4 is 86.4 Å². The highest BCUT2D eigenvalue weighted by Gasteiger charge is 2.31. The van der Waals surface area contributed by atoms with E-state index in [1.165, 1.54) is 25.6 Å². The largest absolute Gasteiger partial charge is 0.491 e.